The highest BCUT2D eigenvalue weighted by molar-refractivity contribution is 5.37. The fraction of sp³-hybridized carbons (Fsp3) is 0.524. The van der Waals surface area contributed by atoms with Crippen LogP contribution >= 0.6 is 0 Å². The van der Waals surface area contributed by atoms with Crippen molar-refractivity contribution in [3.63, 3.8) is 0 Å². The predicted octanol–water partition coefficient (Wildman–Crippen LogP) is 7.01. The van der Waals surface area contributed by atoms with Gasteiger partial charge < -0.3 is 4.74 Å². The van der Waals surface area contributed by atoms with Crippen LogP contribution in [0, 0.1) is 11.6 Å². The molecule has 7 heteroatoms. The van der Waals surface area contributed by atoms with E-state index in [2.05, 4.69) is 0 Å². The monoisotopic (exact) mass is 406 g/mol. The van der Waals surface area contributed by atoms with Gasteiger partial charge in [-0.1, -0.05) is 44.9 Å². The van der Waals surface area contributed by atoms with E-state index < -0.39 is 34.6 Å². The summed E-state index contributed by atoms with van der Waals surface area (Å²) in [5.41, 5.74) is -1.04. The maximum Gasteiger partial charge on any atom is 0.335 e. The van der Waals surface area contributed by atoms with Crippen LogP contribution in [0.3, 0.4) is 0 Å². The van der Waals surface area contributed by atoms with Gasteiger partial charge in [0.25, 0.3) is 0 Å². The molecule has 28 heavy (non-hydrogen) atoms. The van der Waals surface area contributed by atoms with E-state index >= 15 is 0 Å². The Morgan fingerprint density at radius 3 is 1.93 bits per heavy atom. The average Bonchev–Trinajstić information content (AvgIpc) is 2.64. The molecule has 0 atom stereocenters. The van der Waals surface area contributed by atoms with Crippen LogP contribution in [0.15, 0.2) is 35.4 Å². The van der Waals surface area contributed by atoms with Crippen molar-refractivity contribution in [2.45, 2.75) is 64.2 Å². The Bertz CT molecular complexity index is 752. The Hall–Kier alpha value is -1.92. The molecule has 0 saturated carbocycles. The zero-order valence-electron chi connectivity index (χ0n) is 15.9. The van der Waals surface area contributed by atoms with Crippen molar-refractivity contribution < 1.29 is 31.1 Å². The van der Waals surface area contributed by atoms with Gasteiger partial charge in [0.05, 0.1) is 6.61 Å². The van der Waals surface area contributed by atoms with Crippen molar-refractivity contribution in [1.29, 1.82) is 0 Å². The SMILES string of the molecule is CCCC1=CC=C(CCCOc2ccc(CCC)c(F)c2F)C(F)(F)C1(F)F. The number of hydrogen-bond donors (Lipinski definition) is 0. The molecule has 1 aromatic rings. The lowest BCUT2D eigenvalue weighted by atomic mass is 9.86. The van der Waals surface area contributed by atoms with Gasteiger partial charge in [-0.25, -0.2) is 4.39 Å². The van der Waals surface area contributed by atoms with E-state index in [4.69, 9.17) is 4.74 Å². The molecule has 0 saturated heterocycles. The van der Waals surface area contributed by atoms with E-state index in [9.17, 15) is 26.3 Å². The third-order valence-electron chi connectivity index (χ3n) is 4.70. The van der Waals surface area contributed by atoms with Gasteiger partial charge in [0, 0.05) is 11.1 Å². The lowest BCUT2D eigenvalue weighted by Gasteiger charge is -2.33. The minimum atomic E-state index is -4.27. The van der Waals surface area contributed by atoms with Crippen LogP contribution in [-0.4, -0.2) is 18.5 Å². The van der Waals surface area contributed by atoms with Crippen LogP contribution in [0.5, 0.6) is 5.75 Å². The molecular formula is C21H24F6O. The van der Waals surface area contributed by atoms with E-state index in [0.717, 1.165) is 12.2 Å². The fourth-order valence-corrected chi connectivity index (χ4v) is 3.15. The molecule has 0 spiro atoms. The van der Waals surface area contributed by atoms with E-state index in [1.54, 1.807) is 6.92 Å². The zero-order chi connectivity index (χ0) is 20.9. The van der Waals surface area contributed by atoms with Crippen molar-refractivity contribution in [2.75, 3.05) is 6.61 Å². The summed E-state index contributed by atoms with van der Waals surface area (Å²) in [4.78, 5) is 0. The molecule has 1 aliphatic carbocycles. The number of allylic oxidation sites excluding steroid dienone is 4. The highest BCUT2D eigenvalue weighted by Crippen LogP contribution is 2.49. The summed E-state index contributed by atoms with van der Waals surface area (Å²) >= 11 is 0. The van der Waals surface area contributed by atoms with Crippen molar-refractivity contribution in [1.82, 2.24) is 0 Å². The molecule has 2 rings (SSSR count). The first-order valence-electron chi connectivity index (χ1n) is 9.42. The molecule has 1 aromatic carbocycles. The summed E-state index contributed by atoms with van der Waals surface area (Å²) in [6, 6.07) is 2.70. The average molecular weight is 406 g/mol. The fourth-order valence-electron chi connectivity index (χ4n) is 3.15. The first kappa shape index (κ1) is 22.4. The summed E-state index contributed by atoms with van der Waals surface area (Å²) in [7, 11) is 0. The lowest BCUT2D eigenvalue weighted by Crippen LogP contribution is -2.45. The highest BCUT2D eigenvalue weighted by Gasteiger charge is 2.61. The molecule has 0 unspecified atom stereocenters. The van der Waals surface area contributed by atoms with Gasteiger partial charge in [-0.15, -0.1) is 0 Å². The number of halogens is 6. The second kappa shape index (κ2) is 9.05. The highest BCUT2D eigenvalue weighted by atomic mass is 19.3. The number of aryl methyl sites for hydroxylation is 1. The predicted molar refractivity (Wildman–Crippen MR) is 96.1 cm³/mol. The second-order valence-electron chi connectivity index (χ2n) is 6.84. The molecule has 0 heterocycles. The van der Waals surface area contributed by atoms with Gasteiger partial charge in [-0.05, 0) is 37.3 Å². The Balaban J connectivity index is 1.99. The van der Waals surface area contributed by atoms with E-state index in [-0.39, 0.29) is 37.2 Å². The van der Waals surface area contributed by atoms with Gasteiger partial charge in [-0.2, -0.15) is 22.0 Å². The van der Waals surface area contributed by atoms with Crippen molar-refractivity contribution in [2.24, 2.45) is 0 Å². The Kier molecular flexibility index (Phi) is 7.23. The number of rotatable bonds is 9. The summed E-state index contributed by atoms with van der Waals surface area (Å²) < 4.78 is 89.5. The first-order valence-corrected chi connectivity index (χ1v) is 9.42. The van der Waals surface area contributed by atoms with Crippen LogP contribution in [0.1, 0.15) is 51.5 Å². The third kappa shape index (κ3) is 4.39. The molecule has 0 aliphatic heterocycles. The Morgan fingerprint density at radius 2 is 1.36 bits per heavy atom. The number of ether oxygens (including phenoxy) is 1. The summed E-state index contributed by atoms with van der Waals surface area (Å²) in [6.45, 7) is 3.28. The molecular weight excluding hydrogens is 382 g/mol. The summed E-state index contributed by atoms with van der Waals surface area (Å²) in [5.74, 6) is -10.9. The number of hydrogen-bond acceptors (Lipinski definition) is 1. The molecule has 0 amide bonds. The Labute approximate surface area is 161 Å². The largest absolute Gasteiger partial charge is 0.490 e. The van der Waals surface area contributed by atoms with Gasteiger partial charge in [0.1, 0.15) is 0 Å². The minimum Gasteiger partial charge on any atom is -0.490 e. The van der Waals surface area contributed by atoms with Gasteiger partial charge in [-0.3, -0.25) is 0 Å². The van der Waals surface area contributed by atoms with Gasteiger partial charge in [0.2, 0.25) is 5.82 Å². The topological polar surface area (TPSA) is 9.23 Å². The third-order valence-corrected chi connectivity index (χ3v) is 4.70. The number of benzene rings is 1. The summed E-state index contributed by atoms with van der Waals surface area (Å²) in [6.07, 6.45) is 2.98. The molecule has 0 aromatic heterocycles. The van der Waals surface area contributed by atoms with E-state index in [1.807, 2.05) is 6.92 Å². The van der Waals surface area contributed by atoms with E-state index in [0.29, 0.717) is 19.3 Å². The lowest BCUT2D eigenvalue weighted by molar-refractivity contribution is -0.166. The smallest absolute Gasteiger partial charge is 0.335 e. The van der Waals surface area contributed by atoms with Crippen LogP contribution in [-0.2, 0) is 6.42 Å². The van der Waals surface area contributed by atoms with Crippen LogP contribution < -0.4 is 4.74 Å². The minimum absolute atomic E-state index is 0.0355. The zero-order valence-corrected chi connectivity index (χ0v) is 15.9. The Morgan fingerprint density at radius 1 is 0.786 bits per heavy atom. The van der Waals surface area contributed by atoms with Crippen LogP contribution in [0.25, 0.3) is 0 Å². The van der Waals surface area contributed by atoms with Gasteiger partial charge in [0.15, 0.2) is 11.6 Å². The van der Waals surface area contributed by atoms with Crippen LogP contribution in [0.4, 0.5) is 26.3 Å². The molecule has 0 N–H and O–H groups in total. The quantitative estimate of drug-likeness (QED) is 0.316. The molecule has 1 nitrogen and oxygen atoms in total. The van der Waals surface area contributed by atoms with E-state index in [1.165, 1.54) is 12.1 Å². The normalized spacial score (nSPS) is 17.9. The molecule has 0 radical (unpaired) electrons. The molecule has 156 valence electrons. The summed E-state index contributed by atoms with van der Waals surface area (Å²) in [5, 5.41) is 0. The van der Waals surface area contributed by atoms with Gasteiger partial charge >= 0.3 is 11.8 Å². The van der Waals surface area contributed by atoms with Crippen molar-refractivity contribution in [3.05, 3.63) is 52.6 Å². The standard InChI is InChI=1S/C21H24F6O/c1-3-6-14-9-12-17(19(23)18(14)22)28-13-5-8-16-11-10-15(7-4-2)20(24,25)21(16,26)27/h9-12H,3-8,13H2,1-2H3. The number of alkyl halides is 4. The maximum absolute atomic E-state index is 14.2. The van der Waals surface area contributed by atoms with Crippen molar-refractivity contribution >= 4 is 0 Å². The second-order valence-corrected chi connectivity index (χ2v) is 6.84. The van der Waals surface area contributed by atoms with Crippen LogP contribution in [0.2, 0.25) is 0 Å². The molecule has 0 bridgehead atoms. The molecule has 1 aliphatic rings. The molecule has 0 fully saturated rings. The van der Waals surface area contributed by atoms with Crippen molar-refractivity contribution in [3.8, 4) is 5.75 Å². The maximum atomic E-state index is 14.2. The first-order chi connectivity index (χ1) is 13.2.